The molecule has 1 aliphatic heterocycles. The number of halogens is 1. The van der Waals surface area contributed by atoms with Crippen LogP contribution in [0.1, 0.15) is 42.7 Å². The van der Waals surface area contributed by atoms with Crippen LogP contribution in [-0.4, -0.2) is 43.2 Å². The van der Waals surface area contributed by atoms with Crippen molar-refractivity contribution in [1.82, 2.24) is 9.97 Å². The fourth-order valence-corrected chi connectivity index (χ4v) is 3.54. The summed E-state index contributed by atoms with van der Waals surface area (Å²) in [7, 11) is 3.41. The first-order valence-corrected chi connectivity index (χ1v) is 9.78. The monoisotopic (exact) mass is 404 g/mol. The molecule has 3 rings (SSSR count). The molecule has 0 amide bonds. The highest BCUT2D eigenvalue weighted by atomic mass is 35.5. The molecule has 8 heteroatoms. The van der Waals surface area contributed by atoms with Gasteiger partial charge in [-0.25, -0.2) is 9.78 Å². The molecule has 0 bridgehead atoms. The molecule has 0 aliphatic carbocycles. The summed E-state index contributed by atoms with van der Waals surface area (Å²) in [5.41, 5.74) is 1.80. The third-order valence-electron chi connectivity index (χ3n) is 4.62. The molecule has 0 saturated carbocycles. The Labute approximate surface area is 170 Å². The van der Waals surface area contributed by atoms with E-state index < -0.39 is 5.97 Å². The molecule has 150 valence electrons. The summed E-state index contributed by atoms with van der Waals surface area (Å²) in [6.45, 7) is 6.14. The molecule has 0 saturated heterocycles. The highest BCUT2D eigenvalue weighted by Gasteiger charge is 2.31. The molecule has 0 unspecified atom stereocenters. The molecular formula is C20H25ClN4O3. The van der Waals surface area contributed by atoms with Gasteiger partial charge in [-0.2, -0.15) is 4.98 Å². The van der Waals surface area contributed by atoms with Gasteiger partial charge in [-0.15, -0.1) is 0 Å². The highest BCUT2D eigenvalue weighted by Crippen LogP contribution is 2.35. The minimum atomic E-state index is -0.415. The number of ether oxygens (including phenoxy) is 2. The number of nitrogens with zero attached hydrogens (tertiary/aromatic N) is 4. The first-order chi connectivity index (χ1) is 13.5. The first kappa shape index (κ1) is 20.2. The molecule has 2 heterocycles. The summed E-state index contributed by atoms with van der Waals surface area (Å²) in [4.78, 5) is 25.5. The minimum Gasteiger partial charge on any atom is -0.497 e. The number of carbonyl (C=O) groups excluding carboxylic acids is 1. The molecule has 1 aromatic heterocycles. The van der Waals surface area contributed by atoms with Crippen molar-refractivity contribution in [3.63, 3.8) is 0 Å². The van der Waals surface area contributed by atoms with Crippen LogP contribution in [-0.2, 0) is 11.3 Å². The number of carbonyl (C=O) groups is 1. The molecular weight excluding hydrogens is 380 g/mol. The SMILES string of the molecule is CCCN(CCC)c1nc(N(C)c2ccc(OC)cc2Cl)nc2c1COC2=O. The van der Waals surface area contributed by atoms with E-state index in [-0.39, 0.29) is 6.61 Å². The maximum absolute atomic E-state index is 12.2. The second kappa shape index (κ2) is 8.65. The molecule has 1 aromatic carbocycles. The summed E-state index contributed by atoms with van der Waals surface area (Å²) >= 11 is 6.42. The second-order valence-electron chi connectivity index (χ2n) is 6.61. The van der Waals surface area contributed by atoms with Crippen molar-refractivity contribution in [2.75, 3.05) is 37.0 Å². The Morgan fingerprint density at radius 1 is 1.21 bits per heavy atom. The lowest BCUT2D eigenvalue weighted by molar-refractivity contribution is 0.0531. The van der Waals surface area contributed by atoms with Crippen molar-refractivity contribution in [2.45, 2.75) is 33.3 Å². The van der Waals surface area contributed by atoms with E-state index in [9.17, 15) is 4.79 Å². The smallest absolute Gasteiger partial charge is 0.357 e. The largest absolute Gasteiger partial charge is 0.497 e. The third kappa shape index (κ3) is 3.85. The van der Waals surface area contributed by atoms with E-state index in [4.69, 9.17) is 26.1 Å². The number of esters is 1. The third-order valence-corrected chi connectivity index (χ3v) is 4.92. The first-order valence-electron chi connectivity index (χ1n) is 9.40. The van der Waals surface area contributed by atoms with E-state index >= 15 is 0 Å². The lowest BCUT2D eigenvalue weighted by Crippen LogP contribution is -2.28. The van der Waals surface area contributed by atoms with Gasteiger partial charge in [0.25, 0.3) is 0 Å². The summed E-state index contributed by atoms with van der Waals surface area (Å²) in [5.74, 6) is 1.41. The molecule has 0 spiro atoms. The van der Waals surface area contributed by atoms with Crippen molar-refractivity contribution in [3.8, 4) is 5.75 Å². The van der Waals surface area contributed by atoms with E-state index in [1.807, 2.05) is 19.2 Å². The van der Waals surface area contributed by atoms with Gasteiger partial charge in [0.1, 0.15) is 18.2 Å². The Hall–Kier alpha value is -2.54. The molecule has 2 aromatic rings. The summed E-state index contributed by atoms with van der Waals surface area (Å²) in [6, 6.07) is 5.39. The average molecular weight is 405 g/mol. The van der Waals surface area contributed by atoms with Crippen LogP contribution in [0.5, 0.6) is 5.75 Å². The summed E-state index contributed by atoms with van der Waals surface area (Å²) in [6.07, 6.45) is 1.95. The predicted molar refractivity (Wildman–Crippen MR) is 110 cm³/mol. The fraction of sp³-hybridized carbons (Fsp3) is 0.450. The zero-order valence-corrected chi connectivity index (χ0v) is 17.4. The van der Waals surface area contributed by atoms with E-state index in [1.165, 1.54) is 0 Å². The van der Waals surface area contributed by atoms with Crippen molar-refractivity contribution in [3.05, 3.63) is 34.5 Å². The standard InChI is InChI=1S/C20H25ClN4O3/c1-5-9-25(10-6-2)18-14-12-28-19(26)17(14)22-20(23-18)24(3)16-8-7-13(27-4)11-15(16)21/h7-8,11H,5-6,9-10,12H2,1-4H3. The zero-order chi connectivity index (χ0) is 20.3. The molecule has 0 radical (unpaired) electrons. The van der Waals surface area contributed by atoms with Gasteiger partial charge >= 0.3 is 5.97 Å². The zero-order valence-electron chi connectivity index (χ0n) is 16.7. The summed E-state index contributed by atoms with van der Waals surface area (Å²) in [5, 5.41) is 0.508. The average Bonchev–Trinajstić information content (AvgIpc) is 3.07. The molecule has 1 aliphatic rings. The van der Waals surface area contributed by atoms with Gasteiger partial charge in [-0.3, -0.25) is 0 Å². The maximum atomic E-state index is 12.2. The van der Waals surface area contributed by atoms with Gasteiger partial charge in [-0.05, 0) is 25.0 Å². The molecule has 0 N–H and O–H groups in total. The molecule has 7 nitrogen and oxygen atoms in total. The van der Waals surface area contributed by atoms with Crippen molar-refractivity contribution in [1.29, 1.82) is 0 Å². The van der Waals surface area contributed by atoms with Crippen LogP contribution in [0.3, 0.4) is 0 Å². The van der Waals surface area contributed by atoms with Crippen molar-refractivity contribution >= 4 is 35.0 Å². The fourth-order valence-electron chi connectivity index (χ4n) is 3.24. The Morgan fingerprint density at radius 3 is 2.54 bits per heavy atom. The van der Waals surface area contributed by atoms with Gasteiger partial charge < -0.3 is 19.3 Å². The second-order valence-corrected chi connectivity index (χ2v) is 7.02. The Morgan fingerprint density at radius 2 is 1.93 bits per heavy atom. The van der Waals surface area contributed by atoms with Crippen LogP contribution in [0.4, 0.5) is 17.5 Å². The van der Waals surface area contributed by atoms with Crippen molar-refractivity contribution in [2.24, 2.45) is 0 Å². The van der Waals surface area contributed by atoms with E-state index in [1.54, 1.807) is 18.1 Å². The number of benzene rings is 1. The number of fused-ring (bicyclic) bond motifs is 1. The number of anilines is 3. The van der Waals surface area contributed by atoms with Crippen LogP contribution in [0, 0.1) is 0 Å². The predicted octanol–water partition coefficient (Wildman–Crippen LogP) is 4.20. The summed E-state index contributed by atoms with van der Waals surface area (Å²) < 4.78 is 10.4. The number of aromatic nitrogens is 2. The quantitative estimate of drug-likeness (QED) is 0.610. The Balaban J connectivity index is 2.07. The van der Waals surface area contributed by atoms with E-state index in [2.05, 4.69) is 23.7 Å². The normalized spacial score (nSPS) is 12.5. The van der Waals surface area contributed by atoms with Gasteiger partial charge in [0, 0.05) is 26.2 Å². The van der Waals surface area contributed by atoms with Crippen LogP contribution in [0.25, 0.3) is 0 Å². The topological polar surface area (TPSA) is 67.8 Å². The van der Waals surface area contributed by atoms with Crippen molar-refractivity contribution < 1.29 is 14.3 Å². The number of cyclic esters (lactones) is 1. The van der Waals surface area contributed by atoms with Crippen LogP contribution in [0.15, 0.2) is 18.2 Å². The van der Waals surface area contributed by atoms with Gasteiger partial charge in [0.2, 0.25) is 5.95 Å². The van der Waals surface area contributed by atoms with Crippen LogP contribution in [0.2, 0.25) is 5.02 Å². The van der Waals surface area contributed by atoms with Gasteiger partial charge in [-0.1, -0.05) is 25.4 Å². The van der Waals surface area contributed by atoms with E-state index in [0.717, 1.165) is 43.0 Å². The molecule has 0 atom stereocenters. The number of hydrogen-bond donors (Lipinski definition) is 0. The Bertz CT molecular complexity index is 869. The molecule has 0 fully saturated rings. The minimum absolute atomic E-state index is 0.209. The number of rotatable bonds is 8. The molecule has 28 heavy (non-hydrogen) atoms. The number of hydrogen-bond acceptors (Lipinski definition) is 7. The number of methoxy groups -OCH3 is 1. The van der Waals surface area contributed by atoms with Crippen LogP contribution < -0.4 is 14.5 Å². The lowest BCUT2D eigenvalue weighted by atomic mass is 10.2. The van der Waals surface area contributed by atoms with Crippen LogP contribution >= 0.6 is 11.6 Å². The highest BCUT2D eigenvalue weighted by molar-refractivity contribution is 6.33. The maximum Gasteiger partial charge on any atom is 0.357 e. The van der Waals surface area contributed by atoms with Gasteiger partial charge in [0.15, 0.2) is 5.69 Å². The van der Waals surface area contributed by atoms with E-state index in [0.29, 0.717) is 22.4 Å². The lowest BCUT2D eigenvalue weighted by Gasteiger charge is -2.26. The van der Waals surface area contributed by atoms with Gasteiger partial charge in [0.05, 0.1) is 23.4 Å². The Kier molecular flexibility index (Phi) is 6.24.